The van der Waals surface area contributed by atoms with E-state index in [0.29, 0.717) is 0 Å². The number of thiocarbonyl (C=S) groups is 1. The van der Waals surface area contributed by atoms with Crippen molar-refractivity contribution in [1.29, 1.82) is 0 Å². The van der Waals surface area contributed by atoms with Crippen molar-refractivity contribution < 1.29 is 4.74 Å². The van der Waals surface area contributed by atoms with E-state index in [-0.39, 0.29) is 12.1 Å². The molecule has 32 heavy (non-hydrogen) atoms. The van der Waals surface area contributed by atoms with Crippen LogP contribution in [0.25, 0.3) is 5.69 Å². The quantitative estimate of drug-likeness (QED) is 0.522. The number of nitrogens with one attached hydrogen (secondary N) is 1. The van der Waals surface area contributed by atoms with E-state index in [1.54, 1.807) is 7.11 Å². The van der Waals surface area contributed by atoms with Gasteiger partial charge in [-0.15, -0.1) is 0 Å². The van der Waals surface area contributed by atoms with Crippen LogP contribution in [-0.4, -0.2) is 58.8 Å². The van der Waals surface area contributed by atoms with Crippen LogP contribution in [0.1, 0.15) is 35.6 Å². The first-order valence-electron chi connectivity index (χ1n) is 10.9. The highest BCUT2D eigenvalue weighted by atomic mass is 32.1. The first kappa shape index (κ1) is 22.3. The van der Waals surface area contributed by atoms with Crippen LogP contribution in [0, 0.1) is 6.92 Å². The molecule has 1 aliphatic heterocycles. The Morgan fingerprint density at radius 3 is 2.53 bits per heavy atom. The Morgan fingerprint density at radius 2 is 1.88 bits per heavy atom. The lowest BCUT2D eigenvalue weighted by molar-refractivity contribution is 0.286. The monoisotopic (exact) mass is 449 g/mol. The maximum atomic E-state index is 5.82. The molecule has 1 aromatic carbocycles. The van der Waals surface area contributed by atoms with E-state index in [4.69, 9.17) is 17.0 Å². The van der Waals surface area contributed by atoms with Crippen molar-refractivity contribution in [2.24, 2.45) is 0 Å². The summed E-state index contributed by atoms with van der Waals surface area (Å²) >= 11 is 5.82. The molecule has 3 aromatic rings. The van der Waals surface area contributed by atoms with Crippen LogP contribution in [0.4, 0.5) is 0 Å². The minimum absolute atomic E-state index is 0.0191. The summed E-state index contributed by atoms with van der Waals surface area (Å²) in [7, 11) is 5.90. The van der Waals surface area contributed by atoms with Gasteiger partial charge < -0.3 is 24.4 Å². The zero-order valence-corrected chi connectivity index (χ0v) is 20.0. The summed E-state index contributed by atoms with van der Waals surface area (Å²) in [6.07, 6.45) is 2.88. The predicted octanol–water partition coefficient (Wildman–Crippen LogP) is 4.11. The third-order valence-electron chi connectivity index (χ3n) is 5.94. The number of aromatic nitrogens is 2. The Bertz CT molecular complexity index is 1050. The molecule has 168 valence electrons. The second kappa shape index (κ2) is 9.71. The summed E-state index contributed by atoms with van der Waals surface area (Å²) < 4.78 is 7.67. The summed E-state index contributed by atoms with van der Waals surface area (Å²) in [6.45, 7) is 4.03. The van der Waals surface area contributed by atoms with Crippen LogP contribution in [0.5, 0.6) is 5.75 Å². The van der Waals surface area contributed by atoms with Crippen LogP contribution in [-0.2, 0) is 0 Å². The highest BCUT2D eigenvalue weighted by molar-refractivity contribution is 7.80. The molecular formula is C25H31N5OS. The van der Waals surface area contributed by atoms with Crippen LogP contribution in [0.15, 0.2) is 60.8 Å². The van der Waals surface area contributed by atoms with Gasteiger partial charge in [-0.25, -0.2) is 0 Å². The molecule has 0 radical (unpaired) electrons. The molecule has 1 aliphatic rings. The van der Waals surface area contributed by atoms with E-state index >= 15 is 0 Å². The molecule has 0 spiro atoms. The number of pyridine rings is 1. The Labute approximate surface area is 195 Å². The summed E-state index contributed by atoms with van der Waals surface area (Å²) in [5.41, 5.74) is 4.47. The van der Waals surface area contributed by atoms with Crippen LogP contribution in [0.2, 0.25) is 0 Å². The molecule has 1 N–H and O–H groups in total. The number of nitrogens with zero attached hydrogens (tertiary/aromatic N) is 4. The van der Waals surface area contributed by atoms with E-state index in [0.717, 1.165) is 41.8 Å². The van der Waals surface area contributed by atoms with Gasteiger partial charge in [-0.2, -0.15) is 0 Å². The zero-order chi connectivity index (χ0) is 22.7. The lowest BCUT2D eigenvalue weighted by Crippen LogP contribution is -2.33. The highest BCUT2D eigenvalue weighted by Gasteiger charge is 2.41. The second-order valence-corrected chi connectivity index (χ2v) is 8.80. The van der Waals surface area contributed by atoms with E-state index < -0.39 is 0 Å². The fourth-order valence-electron chi connectivity index (χ4n) is 4.40. The fraction of sp³-hybridized carbons (Fsp3) is 0.360. The van der Waals surface area contributed by atoms with Gasteiger partial charge in [0.25, 0.3) is 0 Å². The third-order valence-corrected chi connectivity index (χ3v) is 6.29. The molecule has 0 bridgehead atoms. The number of rotatable bonds is 8. The van der Waals surface area contributed by atoms with E-state index in [2.05, 4.69) is 76.0 Å². The van der Waals surface area contributed by atoms with Gasteiger partial charge in [0.1, 0.15) is 5.75 Å². The Hall–Kier alpha value is -2.90. The molecule has 1 fully saturated rings. The number of hydrogen-bond acceptors (Lipinski definition) is 4. The molecule has 0 aliphatic carbocycles. The Balaban J connectivity index is 1.76. The summed E-state index contributed by atoms with van der Waals surface area (Å²) in [6, 6.07) is 18.7. The standard InChI is InChI=1S/C25H31N5OS/c1-18-9-14-22(30(18)19-10-12-20(31-4)13-11-19)24-23(21-8-5-6-15-26-21)27-25(32)29(24)17-7-16-28(2)3/h5-6,8-15,23-24H,7,16-17H2,1-4H3,(H,27,32)/t23-,24-/m0/s1. The van der Waals surface area contributed by atoms with Crippen molar-refractivity contribution in [1.82, 2.24) is 24.7 Å². The summed E-state index contributed by atoms with van der Waals surface area (Å²) in [5.74, 6) is 0.848. The highest BCUT2D eigenvalue weighted by Crippen LogP contribution is 2.40. The molecule has 0 unspecified atom stereocenters. The molecule has 2 atom stereocenters. The third kappa shape index (κ3) is 4.49. The van der Waals surface area contributed by atoms with Crippen molar-refractivity contribution in [2.45, 2.75) is 25.4 Å². The van der Waals surface area contributed by atoms with Gasteiger partial charge in [0.2, 0.25) is 0 Å². The average Bonchev–Trinajstić information content (AvgIpc) is 3.33. The molecule has 0 saturated carbocycles. The SMILES string of the molecule is COc1ccc(-n2c(C)ccc2[C@H]2[C@H](c3ccccn3)NC(=S)N2CCCN(C)C)cc1. The average molecular weight is 450 g/mol. The lowest BCUT2D eigenvalue weighted by Gasteiger charge is -2.29. The van der Waals surface area contributed by atoms with Crippen LogP contribution >= 0.6 is 12.2 Å². The Kier molecular flexibility index (Phi) is 6.77. The van der Waals surface area contributed by atoms with Gasteiger partial charge in [0, 0.05) is 29.8 Å². The van der Waals surface area contributed by atoms with Gasteiger partial charge in [-0.3, -0.25) is 4.98 Å². The number of methoxy groups -OCH3 is 1. The number of hydrogen-bond donors (Lipinski definition) is 1. The van der Waals surface area contributed by atoms with E-state index in [1.807, 2.05) is 30.5 Å². The van der Waals surface area contributed by atoms with Gasteiger partial charge in [0.05, 0.1) is 24.9 Å². The van der Waals surface area contributed by atoms with Crippen LogP contribution < -0.4 is 10.1 Å². The minimum atomic E-state index is -0.0191. The van der Waals surface area contributed by atoms with Crippen molar-refractivity contribution >= 4 is 17.3 Å². The molecule has 0 amide bonds. The van der Waals surface area contributed by atoms with E-state index in [9.17, 15) is 0 Å². The topological polar surface area (TPSA) is 45.6 Å². The molecule has 7 heteroatoms. The molecule has 3 heterocycles. The Morgan fingerprint density at radius 1 is 1.09 bits per heavy atom. The minimum Gasteiger partial charge on any atom is -0.497 e. The van der Waals surface area contributed by atoms with Gasteiger partial charge in [-0.1, -0.05) is 6.07 Å². The lowest BCUT2D eigenvalue weighted by atomic mass is 10.0. The molecular weight excluding hydrogens is 418 g/mol. The molecule has 4 rings (SSSR count). The van der Waals surface area contributed by atoms with Crippen LogP contribution in [0.3, 0.4) is 0 Å². The summed E-state index contributed by atoms with van der Waals surface area (Å²) in [5, 5.41) is 4.34. The van der Waals surface area contributed by atoms with Gasteiger partial charge >= 0.3 is 0 Å². The maximum Gasteiger partial charge on any atom is 0.170 e. The molecule has 6 nitrogen and oxygen atoms in total. The van der Waals surface area contributed by atoms with E-state index in [1.165, 1.54) is 11.4 Å². The van der Waals surface area contributed by atoms with Crippen molar-refractivity contribution in [3.8, 4) is 11.4 Å². The largest absolute Gasteiger partial charge is 0.497 e. The number of benzene rings is 1. The van der Waals surface area contributed by atoms with Crippen molar-refractivity contribution in [3.05, 3.63) is 77.9 Å². The normalized spacial score (nSPS) is 18.3. The number of ether oxygens (including phenoxy) is 1. The van der Waals surface area contributed by atoms with Gasteiger partial charge in [-0.05, 0) is 94.7 Å². The molecule has 2 aromatic heterocycles. The first-order valence-corrected chi connectivity index (χ1v) is 11.4. The number of aryl methyl sites for hydroxylation is 1. The fourth-order valence-corrected chi connectivity index (χ4v) is 4.73. The smallest absolute Gasteiger partial charge is 0.170 e. The predicted molar refractivity (Wildman–Crippen MR) is 132 cm³/mol. The zero-order valence-electron chi connectivity index (χ0n) is 19.2. The molecule has 1 saturated heterocycles. The van der Waals surface area contributed by atoms with Crippen molar-refractivity contribution in [3.63, 3.8) is 0 Å². The second-order valence-electron chi connectivity index (χ2n) is 8.41. The summed E-state index contributed by atoms with van der Waals surface area (Å²) in [4.78, 5) is 9.20. The van der Waals surface area contributed by atoms with Gasteiger partial charge in [0.15, 0.2) is 5.11 Å². The maximum absolute atomic E-state index is 5.82. The first-order chi connectivity index (χ1) is 15.5. The van der Waals surface area contributed by atoms with Crippen molar-refractivity contribution in [2.75, 3.05) is 34.3 Å².